The molecule has 0 saturated carbocycles. The van der Waals surface area contributed by atoms with Crippen molar-refractivity contribution in [3.8, 4) is 5.75 Å². The number of hydrogen-bond acceptors (Lipinski definition) is 6. The number of aromatic nitrogens is 4. The van der Waals surface area contributed by atoms with E-state index in [0.717, 1.165) is 5.82 Å². The minimum atomic E-state index is -0.341. The second kappa shape index (κ2) is 10.6. The zero-order valence-electron chi connectivity index (χ0n) is 19.1. The lowest BCUT2D eigenvalue weighted by Gasteiger charge is -2.23. The highest BCUT2D eigenvalue weighted by Crippen LogP contribution is 2.23. The molecule has 0 fully saturated rings. The van der Waals surface area contributed by atoms with Gasteiger partial charge in [0, 0.05) is 37.3 Å². The molecular weight excluding hydrogens is 456 g/mol. The Kier molecular flexibility index (Phi) is 7.42. The van der Waals surface area contributed by atoms with E-state index in [-0.39, 0.29) is 30.4 Å². The van der Waals surface area contributed by atoms with E-state index >= 15 is 0 Å². The predicted octanol–water partition coefficient (Wildman–Crippen LogP) is 2.92. The zero-order valence-corrected chi connectivity index (χ0v) is 19.9. The van der Waals surface area contributed by atoms with Gasteiger partial charge in [0.1, 0.15) is 17.3 Å². The van der Waals surface area contributed by atoms with Crippen LogP contribution in [0.15, 0.2) is 48.7 Å². The Morgan fingerprint density at radius 1 is 1.09 bits per heavy atom. The van der Waals surface area contributed by atoms with Gasteiger partial charge in [-0.3, -0.25) is 14.6 Å². The maximum atomic E-state index is 12.8. The quantitative estimate of drug-likeness (QED) is 0.555. The molecule has 4 rings (SSSR count). The lowest BCUT2D eigenvalue weighted by atomic mass is 10.0. The highest BCUT2D eigenvalue weighted by atomic mass is 35.5. The lowest BCUT2D eigenvalue weighted by Crippen LogP contribution is -2.37. The van der Waals surface area contributed by atoms with E-state index < -0.39 is 0 Å². The van der Waals surface area contributed by atoms with Crippen LogP contribution in [-0.4, -0.2) is 56.2 Å². The standard InChI is InChI=1S/C24H27ClN6O3/c1-16(2)22(27-24(33)19-5-3-4-11-26-19)23-29-28-20-10-12-30(13-14-31(20)23)21(32)15-34-18-8-6-17(25)7-9-18/h3-9,11,16,22H,10,12-15H2,1-2H3,(H,27,33)/t22-/m0/s1. The minimum Gasteiger partial charge on any atom is -0.484 e. The van der Waals surface area contributed by atoms with Gasteiger partial charge >= 0.3 is 0 Å². The summed E-state index contributed by atoms with van der Waals surface area (Å²) >= 11 is 5.89. The van der Waals surface area contributed by atoms with Crippen LogP contribution in [0.1, 0.15) is 42.0 Å². The average Bonchev–Trinajstić information content (AvgIpc) is 3.12. The highest BCUT2D eigenvalue weighted by Gasteiger charge is 2.29. The topological polar surface area (TPSA) is 102 Å². The number of ether oxygens (including phenoxy) is 1. The van der Waals surface area contributed by atoms with E-state index in [9.17, 15) is 9.59 Å². The number of halogens is 1. The summed E-state index contributed by atoms with van der Waals surface area (Å²) in [6.07, 6.45) is 2.16. The molecular formula is C24H27ClN6O3. The molecule has 0 radical (unpaired) electrons. The number of pyridine rings is 1. The molecule has 1 aliphatic rings. The summed E-state index contributed by atoms with van der Waals surface area (Å²) in [7, 11) is 0. The van der Waals surface area contributed by atoms with Gasteiger partial charge in [-0.2, -0.15) is 0 Å². The molecule has 10 heteroatoms. The van der Waals surface area contributed by atoms with E-state index in [2.05, 4.69) is 20.5 Å². The largest absolute Gasteiger partial charge is 0.484 e. The van der Waals surface area contributed by atoms with Crippen LogP contribution in [-0.2, 0) is 17.8 Å². The van der Waals surface area contributed by atoms with Crippen molar-refractivity contribution in [1.29, 1.82) is 0 Å². The van der Waals surface area contributed by atoms with Gasteiger partial charge in [0.25, 0.3) is 11.8 Å². The van der Waals surface area contributed by atoms with Crippen LogP contribution in [0.4, 0.5) is 0 Å². The van der Waals surface area contributed by atoms with Crippen molar-refractivity contribution < 1.29 is 14.3 Å². The Morgan fingerprint density at radius 3 is 2.59 bits per heavy atom. The number of carbonyl (C=O) groups excluding carboxylic acids is 2. The van der Waals surface area contributed by atoms with Gasteiger partial charge in [-0.25, -0.2) is 0 Å². The third kappa shape index (κ3) is 5.53. The van der Waals surface area contributed by atoms with E-state index in [1.54, 1.807) is 53.6 Å². The average molecular weight is 483 g/mol. The number of fused-ring (bicyclic) bond motifs is 1. The SMILES string of the molecule is CC(C)[C@H](NC(=O)c1ccccn1)c1nnc2n1CCN(C(=O)COc1ccc(Cl)cc1)CC2. The van der Waals surface area contributed by atoms with Gasteiger partial charge in [-0.1, -0.05) is 31.5 Å². The number of rotatable bonds is 7. The molecule has 1 aliphatic heterocycles. The minimum absolute atomic E-state index is 0.0518. The van der Waals surface area contributed by atoms with Crippen molar-refractivity contribution >= 4 is 23.4 Å². The lowest BCUT2D eigenvalue weighted by molar-refractivity contribution is -0.133. The van der Waals surface area contributed by atoms with Gasteiger partial charge in [-0.05, 0) is 42.3 Å². The molecule has 0 bridgehead atoms. The molecule has 0 aliphatic carbocycles. The zero-order chi connectivity index (χ0) is 24.1. The maximum Gasteiger partial charge on any atom is 0.270 e. The van der Waals surface area contributed by atoms with Gasteiger partial charge in [0.05, 0.1) is 6.04 Å². The molecule has 34 heavy (non-hydrogen) atoms. The van der Waals surface area contributed by atoms with E-state index in [4.69, 9.17) is 16.3 Å². The van der Waals surface area contributed by atoms with Crippen molar-refractivity contribution in [2.75, 3.05) is 19.7 Å². The first kappa shape index (κ1) is 23.7. The normalized spacial score (nSPS) is 14.3. The Labute approximate surface area is 203 Å². The van der Waals surface area contributed by atoms with Crippen molar-refractivity contribution in [3.63, 3.8) is 0 Å². The summed E-state index contributed by atoms with van der Waals surface area (Å²) in [5.41, 5.74) is 0.348. The van der Waals surface area contributed by atoms with E-state index in [0.29, 0.717) is 48.3 Å². The molecule has 1 aromatic carbocycles. The molecule has 1 atom stereocenters. The Bertz CT molecular complexity index is 1130. The van der Waals surface area contributed by atoms with Gasteiger partial charge < -0.3 is 19.5 Å². The van der Waals surface area contributed by atoms with Crippen molar-refractivity contribution in [1.82, 2.24) is 30.0 Å². The van der Waals surface area contributed by atoms with Crippen LogP contribution in [0.3, 0.4) is 0 Å². The fourth-order valence-electron chi connectivity index (χ4n) is 3.83. The van der Waals surface area contributed by atoms with Gasteiger partial charge in [0.2, 0.25) is 0 Å². The van der Waals surface area contributed by atoms with E-state index in [1.165, 1.54) is 0 Å². The fraction of sp³-hybridized carbons (Fsp3) is 0.375. The number of benzene rings is 1. The second-order valence-electron chi connectivity index (χ2n) is 8.41. The molecule has 0 unspecified atom stereocenters. The number of nitrogens with zero attached hydrogens (tertiary/aromatic N) is 5. The molecule has 2 aromatic heterocycles. The second-order valence-corrected chi connectivity index (χ2v) is 8.85. The Balaban J connectivity index is 1.42. The van der Waals surface area contributed by atoms with Crippen molar-refractivity contribution in [2.24, 2.45) is 5.92 Å². The Hall–Kier alpha value is -3.46. The Morgan fingerprint density at radius 2 is 1.88 bits per heavy atom. The number of nitrogens with one attached hydrogen (secondary N) is 1. The monoisotopic (exact) mass is 482 g/mol. The molecule has 1 N–H and O–H groups in total. The molecule has 178 valence electrons. The van der Waals surface area contributed by atoms with Crippen molar-refractivity contribution in [3.05, 3.63) is 71.0 Å². The van der Waals surface area contributed by atoms with Crippen molar-refractivity contribution in [2.45, 2.75) is 32.9 Å². The summed E-state index contributed by atoms with van der Waals surface area (Å²) in [5.74, 6) is 1.79. The maximum absolute atomic E-state index is 12.8. The molecule has 0 spiro atoms. The first-order valence-electron chi connectivity index (χ1n) is 11.2. The first-order chi connectivity index (χ1) is 16.4. The van der Waals surface area contributed by atoms with Crippen LogP contribution in [0.25, 0.3) is 0 Å². The van der Waals surface area contributed by atoms with Gasteiger partial charge in [0.15, 0.2) is 12.4 Å². The predicted molar refractivity (Wildman–Crippen MR) is 127 cm³/mol. The fourth-order valence-corrected chi connectivity index (χ4v) is 3.96. The summed E-state index contributed by atoms with van der Waals surface area (Å²) in [6.45, 7) is 5.54. The number of carbonyl (C=O) groups is 2. The number of hydrogen-bond donors (Lipinski definition) is 1. The molecule has 0 saturated heterocycles. The smallest absolute Gasteiger partial charge is 0.270 e. The third-order valence-corrected chi connectivity index (χ3v) is 5.96. The van der Waals surface area contributed by atoms with Crippen LogP contribution in [0, 0.1) is 5.92 Å². The van der Waals surface area contributed by atoms with Crippen LogP contribution in [0.5, 0.6) is 5.75 Å². The molecule has 3 aromatic rings. The third-order valence-electron chi connectivity index (χ3n) is 5.71. The summed E-state index contributed by atoms with van der Waals surface area (Å²) in [4.78, 5) is 31.4. The molecule has 9 nitrogen and oxygen atoms in total. The summed E-state index contributed by atoms with van der Waals surface area (Å²) < 4.78 is 7.63. The van der Waals surface area contributed by atoms with E-state index in [1.807, 2.05) is 18.4 Å². The molecule has 2 amide bonds. The summed E-state index contributed by atoms with van der Waals surface area (Å²) in [6, 6.07) is 11.8. The highest BCUT2D eigenvalue weighted by molar-refractivity contribution is 6.30. The number of amides is 2. The van der Waals surface area contributed by atoms with Crippen LogP contribution < -0.4 is 10.1 Å². The van der Waals surface area contributed by atoms with Gasteiger partial charge in [-0.15, -0.1) is 10.2 Å². The molecule has 3 heterocycles. The van der Waals surface area contributed by atoms with Crippen LogP contribution >= 0.6 is 11.6 Å². The first-order valence-corrected chi connectivity index (χ1v) is 11.6. The summed E-state index contributed by atoms with van der Waals surface area (Å²) in [5, 5.41) is 12.4. The van der Waals surface area contributed by atoms with Crippen LogP contribution in [0.2, 0.25) is 5.02 Å².